The van der Waals surface area contributed by atoms with Gasteiger partial charge in [-0.05, 0) is 6.42 Å². The van der Waals surface area contributed by atoms with Gasteiger partial charge in [0.15, 0.2) is 9.84 Å². The molecule has 0 aliphatic carbocycles. The molecule has 1 aliphatic rings. The summed E-state index contributed by atoms with van der Waals surface area (Å²) in [6.07, 6.45) is 0.0237. The Morgan fingerprint density at radius 1 is 1.54 bits per heavy atom. The van der Waals surface area contributed by atoms with E-state index in [1.165, 1.54) is 12.0 Å². The Hall–Kier alpha value is -0.780. The van der Waals surface area contributed by atoms with Gasteiger partial charge in [0.05, 0.1) is 18.6 Å². The van der Waals surface area contributed by atoms with Crippen LogP contribution in [-0.2, 0) is 14.6 Å². The van der Waals surface area contributed by atoms with Gasteiger partial charge >= 0.3 is 6.09 Å². The Balaban J connectivity index is 2.61. The average molecular weight is 207 g/mol. The first kappa shape index (κ1) is 10.3. The summed E-state index contributed by atoms with van der Waals surface area (Å²) in [6, 6.07) is -0.225. The molecule has 0 aromatic rings. The van der Waals surface area contributed by atoms with E-state index in [2.05, 4.69) is 4.74 Å². The molecule has 0 bridgehead atoms. The van der Waals surface area contributed by atoms with Crippen molar-refractivity contribution in [2.75, 3.05) is 25.7 Å². The lowest BCUT2D eigenvalue weighted by Crippen LogP contribution is -2.37. The fourth-order valence-electron chi connectivity index (χ4n) is 1.37. The minimum absolute atomic E-state index is 0.0542. The number of sulfone groups is 1. The summed E-state index contributed by atoms with van der Waals surface area (Å²) in [4.78, 5) is 12.4. The summed E-state index contributed by atoms with van der Waals surface area (Å²) >= 11 is 0. The van der Waals surface area contributed by atoms with E-state index in [4.69, 9.17) is 0 Å². The molecule has 1 unspecified atom stereocenters. The Labute approximate surface area is 77.6 Å². The van der Waals surface area contributed by atoms with Crippen molar-refractivity contribution in [3.8, 4) is 0 Å². The molecule has 1 fully saturated rings. The minimum atomic E-state index is -2.93. The predicted octanol–water partition coefficient (Wildman–Crippen LogP) is -0.128. The van der Waals surface area contributed by atoms with Crippen LogP contribution in [0.3, 0.4) is 0 Å². The summed E-state index contributed by atoms with van der Waals surface area (Å²) in [5.41, 5.74) is 0. The van der Waals surface area contributed by atoms with Crippen LogP contribution in [0.15, 0.2) is 0 Å². The van der Waals surface area contributed by atoms with E-state index >= 15 is 0 Å². The molecule has 0 spiro atoms. The second kappa shape index (κ2) is 3.53. The molecule has 1 heterocycles. The number of carbonyl (C=O) groups excluding carboxylic acids is 1. The van der Waals surface area contributed by atoms with Crippen molar-refractivity contribution in [3.63, 3.8) is 0 Å². The number of nitrogens with zero attached hydrogens (tertiary/aromatic N) is 1. The largest absolute Gasteiger partial charge is 0.453 e. The molecule has 0 saturated carbocycles. The Bertz CT molecular complexity index is 298. The lowest BCUT2D eigenvalue weighted by Gasteiger charge is -2.21. The molecule has 1 atom stereocenters. The van der Waals surface area contributed by atoms with Crippen molar-refractivity contribution >= 4 is 15.9 Å². The number of hydrogen-bond donors (Lipinski definition) is 0. The quantitative estimate of drug-likeness (QED) is 0.601. The lowest BCUT2D eigenvalue weighted by atomic mass is 10.2. The second-order valence-corrected chi connectivity index (χ2v) is 5.37. The van der Waals surface area contributed by atoms with Crippen LogP contribution >= 0.6 is 0 Å². The van der Waals surface area contributed by atoms with Crippen LogP contribution in [0.1, 0.15) is 6.42 Å². The topological polar surface area (TPSA) is 63.7 Å². The smallest absolute Gasteiger partial charge is 0.409 e. The molecule has 1 aliphatic heterocycles. The van der Waals surface area contributed by atoms with Gasteiger partial charge in [-0.15, -0.1) is 0 Å². The highest BCUT2D eigenvalue weighted by molar-refractivity contribution is 7.91. The van der Waals surface area contributed by atoms with Crippen molar-refractivity contribution in [1.82, 2.24) is 4.90 Å². The molecule has 1 amide bonds. The highest BCUT2D eigenvalue weighted by Gasteiger charge is 2.32. The molecular weight excluding hydrogens is 194 g/mol. The number of amides is 1. The molecule has 13 heavy (non-hydrogen) atoms. The van der Waals surface area contributed by atoms with E-state index in [-0.39, 0.29) is 17.5 Å². The van der Waals surface area contributed by atoms with Crippen molar-refractivity contribution in [2.24, 2.45) is 0 Å². The highest BCUT2D eigenvalue weighted by atomic mass is 32.2. The molecule has 0 radical (unpaired) electrons. The first-order chi connectivity index (χ1) is 5.96. The zero-order valence-electron chi connectivity index (χ0n) is 7.69. The summed E-state index contributed by atoms with van der Waals surface area (Å²) in [6.45, 7) is 0. The van der Waals surface area contributed by atoms with Gasteiger partial charge in [0.1, 0.15) is 0 Å². The van der Waals surface area contributed by atoms with Crippen LogP contribution in [0.2, 0.25) is 0 Å². The third kappa shape index (κ3) is 2.33. The van der Waals surface area contributed by atoms with Crippen LogP contribution in [0.5, 0.6) is 0 Å². The molecule has 76 valence electrons. The first-order valence-corrected chi connectivity index (χ1v) is 5.79. The van der Waals surface area contributed by atoms with E-state index in [9.17, 15) is 13.2 Å². The molecule has 5 nitrogen and oxygen atoms in total. The molecule has 0 N–H and O–H groups in total. The van der Waals surface area contributed by atoms with Crippen LogP contribution < -0.4 is 0 Å². The first-order valence-electron chi connectivity index (χ1n) is 3.97. The van der Waals surface area contributed by atoms with Gasteiger partial charge in [-0.1, -0.05) is 0 Å². The van der Waals surface area contributed by atoms with Gasteiger partial charge < -0.3 is 9.64 Å². The maximum atomic E-state index is 11.1. The molecule has 1 saturated heterocycles. The van der Waals surface area contributed by atoms with E-state index in [0.29, 0.717) is 6.42 Å². The van der Waals surface area contributed by atoms with Crippen molar-refractivity contribution < 1.29 is 17.9 Å². The van der Waals surface area contributed by atoms with Crippen LogP contribution in [0.4, 0.5) is 4.79 Å². The van der Waals surface area contributed by atoms with Crippen molar-refractivity contribution in [1.29, 1.82) is 0 Å². The molecule has 0 aromatic carbocycles. The number of hydrogen-bond acceptors (Lipinski definition) is 4. The van der Waals surface area contributed by atoms with Gasteiger partial charge in [0.25, 0.3) is 0 Å². The van der Waals surface area contributed by atoms with Gasteiger partial charge in [-0.2, -0.15) is 0 Å². The lowest BCUT2D eigenvalue weighted by molar-refractivity contribution is 0.121. The van der Waals surface area contributed by atoms with Crippen LogP contribution in [0.25, 0.3) is 0 Å². The van der Waals surface area contributed by atoms with Crippen LogP contribution in [-0.4, -0.2) is 51.1 Å². The summed E-state index contributed by atoms with van der Waals surface area (Å²) in [5.74, 6) is 0.220. The van der Waals surface area contributed by atoms with Gasteiger partial charge in [0, 0.05) is 13.1 Å². The third-order valence-electron chi connectivity index (χ3n) is 2.22. The Kier molecular flexibility index (Phi) is 2.80. The maximum Gasteiger partial charge on any atom is 0.409 e. The second-order valence-electron chi connectivity index (χ2n) is 3.14. The monoisotopic (exact) mass is 207 g/mol. The fourth-order valence-corrected chi connectivity index (χ4v) is 3.15. The molecule has 6 heteroatoms. The molecule has 0 aromatic heterocycles. The standard InChI is InChI=1S/C7H13NO4S/c1-8(7(9)12-2)6-3-4-13(10,11)5-6/h6H,3-5H2,1-2H3. The Morgan fingerprint density at radius 3 is 2.54 bits per heavy atom. The van der Waals surface area contributed by atoms with Crippen LogP contribution in [0, 0.1) is 0 Å². The number of carbonyl (C=O) groups is 1. The average Bonchev–Trinajstić information content (AvgIpc) is 2.43. The third-order valence-corrected chi connectivity index (χ3v) is 3.97. The van der Waals surface area contributed by atoms with Crippen molar-refractivity contribution in [3.05, 3.63) is 0 Å². The SMILES string of the molecule is COC(=O)N(C)C1CCS(=O)(=O)C1. The minimum Gasteiger partial charge on any atom is -0.453 e. The molecular formula is C7H13NO4S. The maximum absolute atomic E-state index is 11.1. The van der Waals surface area contributed by atoms with E-state index < -0.39 is 15.9 Å². The van der Waals surface area contributed by atoms with Crippen molar-refractivity contribution in [2.45, 2.75) is 12.5 Å². The van der Waals surface area contributed by atoms with E-state index in [1.54, 1.807) is 7.05 Å². The highest BCUT2D eigenvalue weighted by Crippen LogP contribution is 2.16. The predicted molar refractivity (Wildman–Crippen MR) is 47.2 cm³/mol. The van der Waals surface area contributed by atoms with E-state index in [0.717, 1.165) is 0 Å². The summed E-state index contributed by atoms with van der Waals surface area (Å²) in [5, 5.41) is 0. The van der Waals surface area contributed by atoms with Gasteiger partial charge in [0.2, 0.25) is 0 Å². The fraction of sp³-hybridized carbons (Fsp3) is 0.857. The Morgan fingerprint density at radius 2 is 2.15 bits per heavy atom. The normalized spacial score (nSPS) is 25.5. The zero-order chi connectivity index (χ0) is 10.1. The zero-order valence-corrected chi connectivity index (χ0v) is 8.50. The van der Waals surface area contributed by atoms with E-state index in [1.807, 2.05) is 0 Å². The number of rotatable bonds is 1. The number of methoxy groups -OCH3 is 1. The summed E-state index contributed by atoms with van der Waals surface area (Å²) in [7, 11) is -0.0987. The molecule has 1 rings (SSSR count). The van der Waals surface area contributed by atoms with Gasteiger partial charge in [-0.25, -0.2) is 13.2 Å². The summed E-state index contributed by atoms with van der Waals surface area (Å²) < 4.78 is 26.6. The number of ether oxygens (including phenoxy) is 1. The van der Waals surface area contributed by atoms with Gasteiger partial charge in [-0.3, -0.25) is 0 Å².